The maximum atomic E-state index is 10.2. The summed E-state index contributed by atoms with van der Waals surface area (Å²) in [6.07, 6.45) is 3.40. The van der Waals surface area contributed by atoms with Crippen molar-refractivity contribution in [2.24, 2.45) is 5.92 Å². The van der Waals surface area contributed by atoms with E-state index in [1.54, 1.807) is 0 Å². The van der Waals surface area contributed by atoms with Crippen molar-refractivity contribution in [2.45, 2.75) is 31.8 Å². The lowest BCUT2D eigenvalue weighted by atomic mass is 9.97. The average Bonchev–Trinajstić information content (AvgIpc) is 2.89. The van der Waals surface area contributed by atoms with E-state index in [0.717, 1.165) is 26.1 Å². The summed E-state index contributed by atoms with van der Waals surface area (Å²) in [6.45, 7) is 4.54. The van der Waals surface area contributed by atoms with E-state index in [1.807, 2.05) is 6.92 Å². The molecule has 1 aliphatic heterocycles. The van der Waals surface area contributed by atoms with Crippen molar-refractivity contribution in [2.75, 3.05) is 19.6 Å². The van der Waals surface area contributed by atoms with Crippen molar-refractivity contribution < 1.29 is 5.11 Å². The highest BCUT2D eigenvalue weighted by atomic mass is 16.3. The molecular weight excluding hydrogens is 162 g/mol. The minimum absolute atomic E-state index is 0.366. The fourth-order valence-corrected chi connectivity index (χ4v) is 2.18. The molecule has 0 amide bonds. The second kappa shape index (κ2) is 3.32. The summed E-state index contributed by atoms with van der Waals surface area (Å²) in [5, 5.41) is 10.2. The predicted molar refractivity (Wildman–Crippen MR) is 52.2 cm³/mol. The van der Waals surface area contributed by atoms with Crippen LogP contribution >= 0.6 is 0 Å². The van der Waals surface area contributed by atoms with Gasteiger partial charge >= 0.3 is 0 Å². The Balaban J connectivity index is 1.87. The Morgan fingerprint density at radius 3 is 2.92 bits per heavy atom. The zero-order valence-electron chi connectivity index (χ0n) is 8.21. The highest BCUT2D eigenvalue weighted by Gasteiger charge is 2.47. The van der Waals surface area contributed by atoms with E-state index in [0.29, 0.717) is 5.92 Å². The Kier molecular flexibility index (Phi) is 2.31. The molecule has 2 aliphatic rings. The molecule has 1 atom stereocenters. The van der Waals surface area contributed by atoms with Crippen LogP contribution in [0.15, 0.2) is 0 Å². The van der Waals surface area contributed by atoms with Gasteiger partial charge < -0.3 is 5.11 Å². The highest BCUT2D eigenvalue weighted by molar-refractivity contribution is 5.05. The van der Waals surface area contributed by atoms with Gasteiger partial charge in [-0.3, -0.25) is 4.90 Å². The highest BCUT2D eigenvalue weighted by Crippen LogP contribution is 2.44. The topological polar surface area (TPSA) is 23.5 Å². The molecule has 0 bridgehead atoms. The first-order valence-electron chi connectivity index (χ1n) is 5.09. The first kappa shape index (κ1) is 9.05. The van der Waals surface area contributed by atoms with Crippen molar-refractivity contribution in [3.63, 3.8) is 0 Å². The lowest BCUT2D eigenvalue weighted by Gasteiger charge is -2.22. The van der Waals surface area contributed by atoms with Crippen LogP contribution in [0.4, 0.5) is 0 Å². The fraction of sp³-hybridized carbons (Fsp3) is 0.818. The van der Waals surface area contributed by atoms with Crippen LogP contribution in [-0.4, -0.2) is 35.2 Å². The SMILES string of the molecule is CC#CCN1CCC(O)(C2CC2)C1. The standard InChI is InChI=1S/C11H17NO/c1-2-3-7-12-8-6-11(13,9-12)10-4-5-10/h10,13H,4-9H2,1H3. The summed E-state index contributed by atoms with van der Waals surface area (Å²) in [4.78, 5) is 2.26. The molecule has 2 fully saturated rings. The number of aliphatic hydroxyl groups is 1. The van der Waals surface area contributed by atoms with E-state index in [1.165, 1.54) is 12.8 Å². The molecule has 2 heteroatoms. The quantitative estimate of drug-likeness (QED) is 0.635. The second-order valence-corrected chi connectivity index (χ2v) is 4.27. The van der Waals surface area contributed by atoms with Gasteiger partial charge in [0.25, 0.3) is 0 Å². The summed E-state index contributed by atoms with van der Waals surface area (Å²) < 4.78 is 0. The maximum absolute atomic E-state index is 10.2. The summed E-state index contributed by atoms with van der Waals surface area (Å²) in [5.74, 6) is 6.54. The predicted octanol–water partition coefficient (Wildman–Crippen LogP) is 0.857. The number of hydrogen-bond donors (Lipinski definition) is 1. The number of nitrogens with zero attached hydrogens (tertiary/aromatic N) is 1. The molecule has 1 unspecified atom stereocenters. The van der Waals surface area contributed by atoms with Crippen molar-refractivity contribution >= 4 is 0 Å². The van der Waals surface area contributed by atoms with Gasteiger partial charge in [0.2, 0.25) is 0 Å². The molecular formula is C11H17NO. The van der Waals surface area contributed by atoms with E-state index < -0.39 is 0 Å². The lowest BCUT2D eigenvalue weighted by Crippen LogP contribution is -2.35. The van der Waals surface area contributed by atoms with Gasteiger partial charge in [0.1, 0.15) is 0 Å². The van der Waals surface area contributed by atoms with Crippen molar-refractivity contribution in [1.29, 1.82) is 0 Å². The molecule has 1 aliphatic carbocycles. The van der Waals surface area contributed by atoms with Crippen LogP contribution in [0.3, 0.4) is 0 Å². The lowest BCUT2D eigenvalue weighted by molar-refractivity contribution is 0.0283. The maximum Gasteiger partial charge on any atom is 0.0814 e. The molecule has 0 aromatic heterocycles. The minimum Gasteiger partial charge on any atom is -0.388 e. The van der Waals surface area contributed by atoms with Gasteiger partial charge in [-0.2, -0.15) is 0 Å². The molecule has 1 N–H and O–H groups in total. The Bertz CT molecular complexity index is 249. The summed E-state index contributed by atoms with van der Waals surface area (Å²) in [5.41, 5.74) is -0.366. The minimum atomic E-state index is -0.366. The molecule has 1 saturated heterocycles. The van der Waals surface area contributed by atoms with Crippen LogP contribution < -0.4 is 0 Å². The number of hydrogen-bond acceptors (Lipinski definition) is 2. The molecule has 1 saturated carbocycles. The first-order chi connectivity index (χ1) is 6.24. The zero-order chi connectivity index (χ0) is 9.31. The van der Waals surface area contributed by atoms with Gasteiger partial charge in [-0.25, -0.2) is 0 Å². The van der Waals surface area contributed by atoms with Gasteiger partial charge in [0.05, 0.1) is 12.1 Å². The smallest absolute Gasteiger partial charge is 0.0814 e. The average molecular weight is 179 g/mol. The molecule has 0 aromatic carbocycles. The second-order valence-electron chi connectivity index (χ2n) is 4.27. The first-order valence-corrected chi connectivity index (χ1v) is 5.09. The summed E-state index contributed by atoms with van der Waals surface area (Å²) >= 11 is 0. The Labute approximate surface area is 79.9 Å². The van der Waals surface area contributed by atoms with Crippen LogP contribution in [0, 0.1) is 17.8 Å². The van der Waals surface area contributed by atoms with Gasteiger partial charge in [-0.05, 0) is 32.1 Å². The fourth-order valence-electron chi connectivity index (χ4n) is 2.18. The molecule has 72 valence electrons. The van der Waals surface area contributed by atoms with Crippen LogP contribution in [-0.2, 0) is 0 Å². The van der Waals surface area contributed by atoms with Gasteiger partial charge in [-0.1, -0.05) is 5.92 Å². The third-order valence-electron chi connectivity index (χ3n) is 3.18. The molecule has 0 radical (unpaired) electrons. The molecule has 2 rings (SSSR count). The van der Waals surface area contributed by atoms with E-state index in [2.05, 4.69) is 16.7 Å². The van der Waals surface area contributed by atoms with Crippen LogP contribution in [0.2, 0.25) is 0 Å². The third-order valence-corrected chi connectivity index (χ3v) is 3.18. The van der Waals surface area contributed by atoms with Crippen LogP contribution in [0.25, 0.3) is 0 Å². The largest absolute Gasteiger partial charge is 0.388 e. The zero-order valence-corrected chi connectivity index (χ0v) is 8.21. The number of rotatable bonds is 2. The number of likely N-dealkylation sites (tertiary alicyclic amines) is 1. The van der Waals surface area contributed by atoms with E-state index >= 15 is 0 Å². The number of β-amino-alcohol motifs (C(OH)–C–C–N with tert-alkyl or cyclic N) is 1. The summed E-state index contributed by atoms with van der Waals surface area (Å²) in [6, 6.07) is 0. The third kappa shape index (κ3) is 1.87. The normalized spacial score (nSPS) is 34.3. The molecule has 0 spiro atoms. The molecule has 0 aromatic rings. The molecule has 13 heavy (non-hydrogen) atoms. The van der Waals surface area contributed by atoms with E-state index in [-0.39, 0.29) is 5.60 Å². The Morgan fingerprint density at radius 1 is 1.54 bits per heavy atom. The van der Waals surface area contributed by atoms with Gasteiger partial charge in [-0.15, -0.1) is 5.92 Å². The van der Waals surface area contributed by atoms with Gasteiger partial charge in [0, 0.05) is 13.1 Å². The van der Waals surface area contributed by atoms with Gasteiger partial charge in [0.15, 0.2) is 0 Å². The Morgan fingerprint density at radius 2 is 2.31 bits per heavy atom. The van der Waals surface area contributed by atoms with E-state index in [9.17, 15) is 5.11 Å². The van der Waals surface area contributed by atoms with Crippen LogP contribution in [0.5, 0.6) is 0 Å². The monoisotopic (exact) mass is 179 g/mol. The van der Waals surface area contributed by atoms with Crippen molar-refractivity contribution in [3.05, 3.63) is 0 Å². The molecule has 2 nitrogen and oxygen atoms in total. The van der Waals surface area contributed by atoms with Crippen LogP contribution in [0.1, 0.15) is 26.2 Å². The van der Waals surface area contributed by atoms with Crippen molar-refractivity contribution in [3.8, 4) is 11.8 Å². The van der Waals surface area contributed by atoms with E-state index in [4.69, 9.17) is 0 Å². The molecule has 1 heterocycles. The Hall–Kier alpha value is -0.520. The summed E-state index contributed by atoms with van der Waals surface area (Å²) in [7, 11) is 0. The van der Waals surface area contributed by atoms with Crippen molar-refractivity contribution in [1.82, 2.24) is 4.90 Å².